The summed E-state index contributed by atoms with van der Waals surface area (Å²) in [5.41, 5.74) is 0. The Balaban J connectivity index is 2.02. The number of ether oxygens (including phenoxy) is 2. The number of hydrogen-bond acceptors (Lipinski definition) is 3. The topological polar surface area (TPSA) is 30.5 Å². The number of unbranched alkanes of at least 4 members (excludes halogenated alkanes) is 3. The SMILES string of the molecule is CCCCCCC(C)OCC1CCC(CNC(C)C)O1. The molecule has 3 atom stereocenters. The van der Waals surface area contributed by atoms with E-state index in [1.165, 1.54) is 38.5 Å². The van der Waals surface area contributed by atoms with Gasteiger partial charge in [0.05, 0.1) is 24.9 Å². The van der Waals surface area contributed by atoms with Crippen LogP contribution in [0, 0.1) is 0 Å². The van der Waals surface area contributed by atoms with Crippen LogP contribution < -0.4 is 5.32 Å². The number of hydrogen-bond donors (Lipinski definition) is 1. The third-order valence-corrected chi connectivity index (χ3v) is 3.98. The summed E-state index contributed by atoms with van der Waals surface area (Å²) in [5, 5.41) is 3.45. The Morgan fingerprint density at radius 1 is 1.10 bits per heavy atom. The van der Waals surface area contributed by atoms with Crippen molar-refractivity contribution in [2.45, 2.75) is 97.0 Å². The first-order valence-corrected chi connectivity index (χ1v) is 8.62. The molecule has 1 aliphatic heterocycles. The van der Waals surface area contributed by atoms with E-state index in [0.29, 0.717) is 24.4 Å². The van der Waals surface area contributed by atoms with Gasteiger partial charge in [-0.2, -0.15) is 0 Å². The molecule has 1 fully saturated rings. The van der Waals surface area contributed by atoms with E-state index in [4.69, 9.17) is 9.47 Å². The van der Waals surface area contributed by atoms with E-state index in [2.05, 4.69) is 33.0 Å². The zero-order valence-corrected chi connectivity index (χ0v) is 14.0. The minimum Gasteiger partial charge on any atom is -0.376 e. The second-order valence-electron chi connectivity index (χ2n) is 6.51. The first-order valence-electron chi connectivity index (χ1n) is 8.62. The molecule has 1 saturated heterocycles. The zero-order chi connectivity index (χ0) is 14.8. The van der Waals surface area contributed by atoms with Crippen LogP contribution in [0.15, 0.2) is 0 Å². The van der Waals surface area contributed by atoms with Crippen LogP contribution in [0.1, 0.15) is 72.6 Å². The molecule has 0 bridgehead atoms. The van der Waals surface area contributed by atoms with Crippen molar-refractivity contribution in [3.05, 3.63) is 0 Å². The molecular formula is C17H35NO2. The van der Waals surface area contributed by atoms with Crippen LogP contribution in [0.4, 0.5) is 0 Å². The summed E-state index contributed by atoms with van der Waals surface area (Å²) in [7, 11) is 0. The summed E-state index contributed by atoms with van der Waals surface area (Å²) in [4.78, 5) is 0. The Hall–Kier alpha value is -0.120. The van der Waals surface area contributed by atoms with Gasteiger partial charge in [-0.1, -0.05) is 46.5 Å². The Labute approximate surface area is 125 Å². The van der Waals surface area contributed by atoms with Crippen LogP contribution in [-0.4, -0.2) is 37.5 Å². The second-order valence-corrected chi connectivity index (χ2v) is 6.51. The predicted octanol–water partition coefficient (Wildman–Crippen LogP) is 3.91. The Morgan fingerprint density at radius 2 is 1.85 bits per heavy atom. The summed E-state index contributed by atoms with van der Waals surface area (Å²) in [6.07, 6.45) is 9.85. The average molecular weight is 285 g/mol. The van der Waals surface area contributed by atoms with Gasteiger partial charge in [0.15, 0.2) is 0 Å². The minimum atomic E-state index is 0.312. The van der Waals surface area contributed by atoms with Gasteiger partial charge in [0.2, 0.25) is 0 Å². The molecule has 0 saturated carbocycles. The zero-order valence-electron chi connectivity index (χ0n) is 14.0. The molecule has 1 aliphatic rings. The van der Waals surface area contributed by atoms with Gasteiger partial charge in [-0.15, -0.1) is 0 Å². The molecule has 0 aliphatic carbocycles. The highest BCUT2D eigenvalue weighted by Crippen LogP contribution is 2.20. The van der Waals surface area contributed by atoms with Gasteiger partial charge in [-0.05, 0) is 26.2 Å². The molecule has 120 valence electrons. The highest BCUT2D eigenvalue weighted by atomic mass is 16.5. The molecule has 20 heavy (non-hydrogen) atoms. The van der Waals surface area contributed by atoms with Crippen LogP contribution in [0.2, 0.25) is 0 Å². The fraction of sp³-hybridized carbons (Fsp3) is 1.00. The molecule has 0 aromatic carbocycles. The van der Waals surface area contributed by atoms with Gasteiger partial charge in [-0.25, -0.2) is 0 Å². The lowest BCUT2D eigenvalue weighted by Crippen LogP contribution is -2.32. The molecule has 3 heteroatoms. The van der Waals surface area contributed by atoms with E-state index in [1.807, 2.05) is 0 Å². The van der Waals surface area contributed by atoms with Crippen molar-refractivity contribution in [3.8, 4) is 0 Å². The van der Waals surface area contributed by atoms with Gasteiger partial charge >= 0.3 is 0 Å². The van der Waals surface area contributed by atoms with Crippen molar-refractivity contribution >= 4 is 0 Å². The van der Waals surface area contributed by atoms with E-state index in [9.17, 15) is 0 Å². The summed E-state index contributed by atoms with van der Waals surface area (Å²) < 4.78 is 12.0. The molecule has 1 rings (SSSR count). The minimum absolute atomic E-state index is 0.312. The van der Waals surface area contributed by atoms with E-state index in [1.54, 1.807) is 0 Å². The third kappa shape index (κ3) is 8.23. The van der Waals surface area contributed by atoms with Gasteiger partial charge in [0.1, 0.15) is 0 Å². The molecule has 1 heterocycles. The van der Waals surface area contributed by atoms with Crippen LogP contribution in [0.5, 0.6) is 0 Å². The van der Waals surface area contributed by atoms with Crippen molar-refractivity contribution in [1.29, 1.82) is 0 Å². The lowest BCUT2D eigenvalue weighted by Gasteiger charge is -2.18. The van der Waals surface area contributed by atoms with Crippen LogP contribution in [0.25, 0.3) is 0 Å². The summed E-state index contributed by atoms with van der Waals surface area (Å²) >= 11 is 0. The molecule has 1 N–H and O–H groups in total. The summed E-state index contributed by atoms with van der Waals surface area (Å²) in [6.45, 7) is 10.5. The molecule has 3 nitrogen and oxygen atoms in total. The largest absolute Gasteiger partial charge is 0.376 e. The molecule has 0 radical (unpaired) electrons. The molecule has 0 amide bonds. The summed E-state index contributed by atoms with van der Waals surface area (Å²) in [5.74, 6) is 0. The van der Waals surface area contributed by atoms with Crippen molar-refractivity contribution < 1.29 is 9.47 Å². The Kier molecular flexibility index (Phi) is 9.49. The maximum absolute atomic E-state index is 6.02. The van der Waals surface area contributed by atoms with Crippen molar-refractivity contribution in [1.82, 2.24) is 5.32 Å². The smallest absolute Gasteiger partial charge is 0.0814 e. The average Bonchev–Trinajstić information content (AvgIpc) is 2.87. The van der Waals surface area contributed by atoms with Gasteiger partial charge in [0.25, 0.3) is 0 Å². The Morgan fingerprint density at radius 3 is 2.55 bits per heavy atom. The van der Waals surface area contributed by atoms with Gasteiger partial charge in [0, 0.05) is 12.6 Å². The third-order valence-electron chi connectivity index (χ3n) is 3.98. The molecule has 3 unspecified atom stereocenters. The second kappa shape index (κ2) is 10.6. The molecule has 0 spiro atoms. The lowest BCUT2D eigenvalue weighted by atomic mass is 10.1. The fourth-order valence-electron chi connectivity index (χ4n) is 2.63. The number of rotatable bonds is 11. The van der Waals surface area contributed by atoms with E-state index in [-0.39, 0.29) is 0 Å². The van der Waals surface area contributed by atoms with Crippen molar-refractivity contribution in [2.24, 2.45) is 0 Å². The van der Waals surface area contributed by atoms with E-state index >= 15 is 0 Å². The van der Waals surface area contributed by atoms with Crippen molar-refractivity contribution in [3.63, 3.8) is 0 Å². The normalized spacial score (nSPS) is 24.4. The van der Waals surface area contributed by atoms with E-state index < -0.39 is 0 Å². The van der Waals surface area contributed by atoms with Crippen LogP contribution >= 0.6 is 0 Å². The predicted molar refractivity (Wildman–Crippen MR) is 85.2 cm³/mol. The first-order chi connectivity index (χ1) is 9.61. The van der Waals surface area contributed by atoms with Crippen molar-refractivity contribution in [2.75, 3.05) is 13.2 Å². The maximum Gasteiger partial charge on any atom is 0.0814 e. The highest BCUT2D eigenvalue weighted by Gasteiger charge is 2.25. The lowest BCUT2D eigenvalue weighted by molar-refractivity contribution is -0.0387. The standard InChI is InChI=1S/C17H35NO2/c1-5-6-7-8-9-15(4)19-13-17-11-10-16(20-17)12-18-14(2)3/h14-18H,5-13H2,1-4H3. The number of nitrogens with one attached hydrogen (secondary N) is 1. The van der Waals surface area contributed by atoms with Gasteiger partial charge < -0.3 is 14.8 Å². The molecular weight excluding hydrogens is 250 g/mol. The Bertz CT molecular complexity index is 233. The first kappa shape index (κ1) is 17.9. The molecule has 0 aromatic rings. The fourth-order valence-corrected chi connectivity index (χ4v) is 2.63. The van der Waals surface area contributed by atoms with E-state index in [0.717, 1.165) is 19.6 Å². The highest BCUT2D eigenvalue weighted by molar-refractivity contribution is 4.76. The summed E-state index contributed by atoms with van der Waals surface area (Å²) in [6, 6.07) is 0.539. The maximum atomic E-state index is 6.02. The quantitative estimate of drug-likeness (QED) is 0.584. The molecule has 0 aromatic heterocycles. The van der Waals surface area contributed by atoms with Gasteiger partial charge in [-0.3, -0.25) is 0 Å². The van der Waals surface area contributed by atoms with Crippen LogP contribution in [0.3, 0.4) is 0 Å². The van der Waals surface area contributed by atoms with Crippen LogP contribution in [-0.2, 0) is 9.47 Å². The monoisotopic (exact) mass is 285 g/mol.